The smallest absolute Gasteiger partial charge is 0.251 e. The van der Waals surface area contributed by atoms with E-state index in [0.717, 1.165) is 5.56 Å². The van der Waals surface area contributed by atoms with E-state index in [2.05, 4.69) is 16.2 Å². The Labute approximate surface area is 120 Å². The number of hydrogen-bond donors (Lipinski definition) is 3. The molecule has 1 aromatic carbocycles. The van der Waals surface area contributed by atoms with Crippen LogP contribution in [0.25, 0.3) is 0 Å². The summed E-state index contributed by atoms with van der Waals surface area (Å²) in [6.07, 6.45) is 0.250. The number of hydrogen-bond acceptors (Lipinski definition) is 3. The van der Waals surface area contributed by atoms with Gasteiger partial charge in [-0.2, -0.15) is 0 Å². The lowest BCUT2D eigenvalue weighted by atomic mass is 10.0. The Hall–Kier alpha value is -2.08. The van der Waals surface area contributed by atoms with E-state index in [0.29, 0.717) is 10.7 Å². The van der Waals surface area contributed by atoms with Gasteiger partial charge in [-0.25, -0.2) is 0 Å². The SMILES string of the molecule is Cc1ccc(NC(=O)CCC2C(=O)NNC2=O)cc1Cl. The summed E-state index contributed by atoms with van der Waals surface area (Å²) in [4.78, 5) is 34.3. The Morgan fingerprint density at radius 2 is 1.95 bits per heavy atom. The molecule has 3 amide bonds. The second-order valence-electron chi connectivity index (χ2n) is 4.58. The standard InChI is InChI=1S/C13H14ClN3O3/c1-7-2-3-8(6-10(7)14)15-11(18)5-4-9-12(19)16-17-13(9)20/h2-3,6,9H,4-5H2,1H3,(H,15,18)(H,16,19)(H,17,20). The summed E-state index contributed by atoms with van der Waals surface area (Å²) >= 11 is 5.96. The van der Waals surface area contributed by atoms with E-state index >= 15 is 0 Å². The van der Waals surface area contributed by atoms with Crippen LogP contribution in [0.1, 0.15) is 18.4 Å². The summed E-state index contributed by atoms with van der Waals surface area (Å²) in [6, 6.07) is 5.20. The van der Waals surface area contributed by atoms with Gasteiger partial charge in [-0.15, -0.1) is 0 Å². The van der Waals surface area contributed by atoms with Gasteiger partial charge >= 0.3 is 0 Å². The Morgan fingerprint density at radius 3 is 2.55 bits per heavy atom. The summed E-state index contributed by atoms with van der Waals surface area (Å²) in [6.45, 7) is 1.87. The average Bonchev–Trinajstić information content (AvgIpc) is 2.71. The molecule has 1 aromatic rings. The number of carbonyl (C=O) groups excluding carboxylic acids is 3. The van der Waals surface area contributed by atoms with Gasteiger partial charge in [0.05, 0.1) is 0 Å². The third-order valence-electron chi connectivity index (χ3n) is 3.06. The lowest BCUT2D eigenvalue weighted by Crippen LogP contribution is -2.28. The number of nitrogens with one attached hydrogen (secondary N) is 3. The second-order valence-corrected chi connectivity index (χ2v) is 4.99. The molecule has 7 heteroatoms. The third kappa shape index (κ3) is 3.27. The number of rotatable bonds is 4. The molecule has 2 rings (SSSR count). The Kier molecular flexibility index (Phi) is 4.24. The first-order chi connectivity index (χ1) is 9.47. The number of benzene rings is 1. The molecular weight excluding hydrogens is 282 g/mol. The summed E-state index contributed by atoms with van der Waals surface area (Å²) in [5, 5.41) is 3.24. The molecular formula is C13H14ClN3O3. The first-order valence-electron chi connectivity index (χ1n) is 6.13. The Bertz CT molecular complexity index is 558. The minimum absolute atomic E-state index is 0.0804. The van der Waals surface area contributed by atoms with Crippen LogP contribution in [-0.2, 0) is 14.4 Å². The van der Waals surface area contributed by atoms with Gasteiger partial charge in [0, 0.05) is 17.1 Å². The highest BCUT2D eigenvalue weighted by Crippen LogP contribution is 2.20. The predicted molar refractivity (Wildman–Crippen MR) is 73.8 cm³/mol. The van der Waals surface area contributed by atoms with E-state index in [4.69, 9.17) is 11.6 Å². The number of anilines is 1. The van der Waals surface area contributed by atoms with Crippen molar-refractivity contribution < 1.29 is 14.4 Å². The molecule has 1 aliphatic rings. The van der Waals surface area contributed by atoms with Crippen molar-refractivity contribution in [2.45, 2.75) is 19.8 Å². The highest BCUT2D eigenvalue weighted by atomic mass is 35.5. The highest BCUT2D eigenvalue weighted by molar-refractivity contribution is 6.31. The van der Waals surface area contributed by atoms with Gasteiger partial charge in [0.2, 0.25) is 5.91 Å². The molecule has 0 bridgehead atoms. The van der Waals surface area contributed by atoms with Crippen LogP contribution >= 0.6 is 11.6 Å². The Morgan fingerprint density at radius 1 is 1.30 bits per heavy atom. The van der Waals surface area contributed by atoms with Crippen molar-refractivity contribution in [1.29, 1.82) is 0 Å². The number of hydrazine groups is 1. The van der Waals surface area contributed by atoms with Crippen LogP contribution in [0.15, 0.2) is 18.2 Å². The van der Waals surface area contributed by atoms with E-state index < -0.39 is 17.7 Å². The molecule has 20 heavy (non-hydrogen) atoms. The summed E-state index contributed by atoms with van der Waals surface area (Å²) < 4.78 is 0. The Balaban J connectivity index is 1.88. The topological polar surface area (TPSA) is 87.3 Å². The zero-order valence-corrected chi connectivity index (χ0v) is 11.6. The zero-order valence-electron chi connectivity index (χ0n) is 10.8. The van der Waals surface area contributed by atoms with E-state index in [9.17, 15) is 14.4 Å². The van der Waals surface area contributed by atoms with E-state index in [-0.39, 0.29) is 18.7 Å². The molecule has 0 aliphatic carbocycles. The molecule has 1 aliphatic heterocycles. The molecule has 0 atom stereocenters. The molecule has 0 aromatic heterocycles. The predicted octanol–water partition coefficient (Wildman–Crippen LogP) is 1.14. The molecule has 0 radical (unpaired) electrons. The van der Waals surface area contributed by atoms with Crippen LogP contribution in [0, 0.1) is 12.8 Å². The molecule has 0 saturated carbocycles. The van der Waals surface area contributed by atoms with Crippen LogP contribution in [0.2, 0.25) is 5.02 Å². The molecule has 6 nitrogen and oxygen atoms in total. The van der Waals surface area contributed by atoms with E-state index in [1.807, 2.05) is 6.92 Å². The molecule has 1 fully saturated rings. The summed E-state index contributed by atoms with van der Waals surface area (Å²) in [5.41, 5.74) is 5.95. The zero-order chi connectivity index (χ0) is 14.7. The lowest BCUT2D eigenvalue weighted by Gasteiger charge is -2.07. The molecule has 106 valence electrons. The molecule has 1 saturated heterocycles. The fourth-order valence-corrected chi connectivity index (χ4v) is 2.03. The maximum atomic E-state index is 11.8. The van der Waals surface area contributed by atoms with Gasteiger partial charge in [-0.1, -0.05) is 17.7 Å². The van der Waals surface area contributed by atoms with Gasteiger partial charge in [0.25, 0.3) is 11.8 Å². The monoisotopic (exact) mass is 295 g/mol. The molecule has 0 unspecified atom stereocenters. The van der Waals surface area contributed by atoms with E-state index in [1.54, 1.807) is 18.2 Å². The maximum absolute atomic E-state index is 11.8. The van der Waals surface area contributed by atoms with Crippen LogP contribution < -0.4 is 16.2 Å². The van der Waals surface area contributed by atoms with Gasteiger partial charge in [-0.3, -0.25) is 25.2 Å². The minimum atomic E-state index is -0.803. The average molecular weight is 296 g/mol. The molecule has 1 heterocycles. The third-order valence-corrected chi connectivity index (χ3v) is 3.46. The number of carbonyl (C=O) groups is 3. The summed E-state index contributed by atoms with van der Waals surface area (Å²) in [7, 11) is 0. The van der Waals surface area contributed by atoms with Gasteiger partial charge in [0.1, 0.15) is 5.92 Å². The van der Waals surface area contributed by atoms with Gasteiger partial charge in [0.15, 0.2) is 0 Å². The fraction of sp³-hybridized carbons (Fsp3) is 0.308. The quantitative estimate of drug-likeness (QED) is 0.728. The number of amides is 3. The van der Waals surface area contributed by atoms with Crippen molar-refractivity contribution in [1.82, 2.24) is 10.9 Å². The van der Waals surface area contributed by atoms with Crippen molar-refractivity contribution >= 4 is 35.0 Å². The van der Waals surface area contributed by atoms with Crippen LogP contribution in [-0.4, -0.2) is 17.7 Å². The van der Waals surface area contributed by atoms with Gasteiger partial charge < -0.3 is 5.32 Å². The first-order valence-corrected chi connectivity index (χ1v) is 6.51. The van der Waals surface area contributed by atoms with Crippen molar-refractivity contribution in [3.63, 3.8) is 0 Å². The van der Waals surface area contributed by atoms with E-state index in [1.165, 1.54) is 0 Å². The molecule has 0 spiro atoms. The first kappa shape index (κ1) is 14.3. The second kappa shape index (κ2) is 5.92. The van der Waals surface area contributed by atoms with Crippen molar-refractivity contribution in [3.05, 3.63) is 28.8 Å². The van der Waals surface area contributed by atoms with Gasteiger partial charge in [-0.05, 0) is 31.0 Å². The largest absolute Gasteiger partial charge is 0.326 e. The minimum Gasteiger partial charge on any atom is -0.326 e. The van der Waals surface area contributed by atoms with Crippen molar-refractivity contribution in [2.75, 3.05) is 5.32 Å². The van der Waals surface area contributed by atoms with Crippen LogP contribution in [0.5, 0.6) is 0 Å². The highest BCUT2D eigenvalue weighted by Gasteiger charge is 2.32. The fourth-order valence-electron chi connectivity index (χ4n) is 1.85. The summed E-state index contributed by atoms with van der Waals surface area (Å²) in [5.74, 6) is -1.87. The maximum Gasteiger partial charge on any atom is 0.251 e. The molecule has 3 N–H and O–H groups in total. The number of halogens is 1. The van der Waals surface area contributed by atoms with Crippen LogP contribution in [0.3, 0.4) is 0 Å². The number of aryl methyl sites for hydroxylation is 1. The lowest BCUT2D eigenvalue weighted by molar-refractivity contribution is -0.128. The van der Waals surface area contributed by atoms with Crippen molar-refractivity contribution in [3.8, 4) is 0 Å². The van der Waals surface area contributed by atoms with Crippen LogP contribution in [0.4, 0.5) is 5.69 Å². The van der Waals surface area contributed by atoms with Crippen molar-refractivity contribution in [2.24, 2.45) is 5.92 Å². The normalized spacial score (nSPS) is 14.9.